The van der Waals surface area contributed by atoms with Gasteiger partial charge in [-0.15, -0.1) is 0 Å². The number of nitrogen functional groups attached to an aromatic ring is 1. The third-order valence-electron chi connectivity index (χ3n) is 2.64. The van der Waals surface area contributed by atoms with Crippen molar-refractivity contribution >= 4 is 11.7 Å². The number of rotatable bonds is 1. The highest BCUT2D eigenvalue weighted by Gasteiger charge is 2.26. The first-order valence-electron chi connectivity index (χ1n) is 4.87. The number of nitrogens with zero attached hydrogens (tertiary/aromatic N) is 3. The Morgan fingerprint density at radius 3 is 3.20 bits per heavy atom. The minimum absolute atomic E-state index is 0.0477. The largest absolute Gasteiger partial charge is 0.382 e. The predicted octanol–water partition coefficient (Wildman–Crippen LogP) is 0.382. The summed E-state index contributed by atoms with van der Waals surface area (Å²) in [4.78, 5) is 13.3. The van der Waals surface area contributed by atoms with Crippen LogP contribution in [0.3, 0.4) is 0 Å². The van der Waals surface area contributed by atoms with E-state index in [4.69, 9.17) is 5.73 Å². The summed E-state index contributed by atoms with van der Waals surface area (Å²) in [5.74, 6) is 0.457. The number of hydrogen-bond donors (Lipinski definition) is 1. The second-order valence-electron chi connectivity index (χ2n) is 3.76. The number of fused-ring (bicyclic) bond motifs is 1. The minimum atomic E-state index is -0.0477. The average Bonchev–Trinajstić information content (AvgIpc) is 2.55. The summed E-state index contributed by atoms with van der Waals surface area (Å²) in [7, 11) is 0. The maximum absolute atomic E-state index is 11.5. The highest BCUT2D eigenvalue weighted by atomic mass is 16.2. The van der Waals surface area contributed by atoms with E-state index in [-0.39, 0.29) is 11.9 Å². The normalized spacial score (nSPS) is 19.8. The second-order valence-corrected chi connectivity index (χ2v) is 3.76. The smallest absolute Gasteiger partial charge is 0.246 e. The Balaban J connectivity index is 2.28. The molecule has 5 heteroatoms. The summed E-state index contributed by atoms with van der Waals surface area (Å²) < 4.78 is 1.85. The van der Waals surface area contributed by atoms with Gasteiger partial charge in [-0.1, -0.05) is 6.58 Å². The third kappa shape index (κ3) is 1.60. The lowest BCUT2D eigenvalue weighted by Crippen LogP contribution is -2.44. The van der Waals surface area contributed by atoms with Gasteiger partial charge in [0.25, 0.3) is 0 Å². The number of nitrogens with two attached hydrogens (primary N) is 1. The molecule has 0 bridgehead atoms. The van der Waals surface area contributed by atoms with Gasteiger partial charge in [0.2, 0.25) is 5.91 Å². The molecule has 15 heavy (non-hydrogen) atoms. The van der Waals surface area contributed by atoms with E-state index in [0.29, 0.717) is 18.9 Å². The first-order chi connectivity index (χ1) is 7.11. The number of carbonyl (C=O) groups excluding carboxylic acids is 1. The van der Waals surface area contributed by atoms with Crippen LogP contribution in [0.25, 0.3) is 0 Å². The van der Waals surface area contributed by atoms with E-state index in [1.807, 2.05) is 11.6 Å². The molecule has 2 rings (SSSR count). The van der Waals surface area contributed by atoms with Gasteiger partial charge in [-0.25, -0.2) is 0 Å². The Kier molecular flexibility index (Phi) is 2.22. The summed E-state index contributed by atoms with van der Waals surface area (Å²) in [6.45, 7) is 6.72. The standard InChI is InChI=1S/C10H14N4O/c1-3-10(15)13-6-8-4-9(11)12-14(8)5-7(13)2/h3-4,7H,1,5-6H2,2H3,(H2,11,12). The van der Waals surface area contributed by atoms with E-state index < -0.39 is 0 Å². The fourth-order valence-corrected chi connectivity index (χ4v) is 1.85. The molecular formula is C10H14N4O. The lowest BCUT2D eigenvalue weighted by atomic mass is 10.2. The van der Waals surface area contributed by atoms with Crippen molar-refractivity contribution in [3.8, 4) is 0 Å². The fraction of sp³-hybridized carbons (Fsp3) is 0.400. The zero-order valence-corrected chi connectivity index (χ0v) is 8.68. The Hall–Kier alpha value is -1.78. The predicted molar refractivity (Wildman–Crippen MR) is 56.8 cm³/mol. The molecule has 0 aliphatic carbocycles. The van der Waals surface area contributed by atoms with Crippen molar-refractivity contribution in [2.75, 3.05) is 5.73 Å². The Labute approximate surface area is 88.2 Å². The van der Waals surface area contributed by atoms with Crippen LogP contribution in [0.5, 0.6) is 0 Å². The monoisotopic (exact) mass is 206 g/mol. The van der Waals surface area contributed by atoms with Crippen LogP contribution >= 0.6 is 0 Å². The number of aromatic nitrogens is 2. The number of amides is 1. The average molecular weight is 206 g/mol. The van der Waals surface area contributed by atoms with Crippen molar-refractivity contribution in [1.82, 2.24) is 14.7 Å². The van der Waals surface area contributed by atoms with Crippen molar-refractivity contribution in [3.63, 3.8) is 0 Å². The fourth-order valence-electron chi connectivity index (χ4n) is 1.85. The maximum atomic E-state index is 11.5. The SMILES string of the molecule is C=CC(=O)N1Cc2cc(N)nn2CC1C. The minimum Gasteiger partial charge on any atom is -0.382 e. The molecule has 0 saturated carbocycles. The van der Waals surface area contributed by atoms with Crippen LogP contribution in [-0.4, -0.2) is 26.6 Å². The second kappa shape index (κ2) is 3.42. The van der Waals surface area contributed by atoms with Crippen molar-refractivity contribution in [2.24, 2.45) is 0 Å². The van der Waals surface area contributed by atoms with Gasteiger partial charge < -0.3 is 10.6 Å². The highest BCUT2D eigenvalue weighted by molar-refractivity contribution is 5.87. The molecular weight excluding hydrogens is 192 g/mol. The highest BCUT2D eigenvalue weighted by Crippen LogP contribution is 2.19. The van der Waals surface area contributed by atoms with Crippen LogP contribution in [0.15, 0.2) is 18.7 Å². The van der Waals surface area contributed by atoms with Crippen LogP contribution in [-0.2, 0) is 17.9 Å². The Morgan fingerprint density at radius 2 is 2.53 bits per heavy atom. The topological polar surface area (TPSA) is 64.2 Å². The summed E-state index contributed by atoms with van der Waals surface area (Å²) in [6.07, 6.45) is 1.34. The lowest BCUT2D eigenvalue weighted by Gasteiger charge is -2.33. The molecule has 1 amide bonds. The quantitative estimate of drug-likeness (QED) is 0.676. The number of hydrogen-bond acceptors (Lipinski definition) is 3. The third-order valence-corrected chi connectivity index (χ3v) is 2.64. The molecule has 0 aromatic carbocycles. The van der Waals surface area contributed by atoms with Gasteiger partial charge in [0.1, 0.15) is 5.82 Å². The van der Waals surface area contributed by atoms with E-state index in [0.717, 1.165) is 5.69 Å². The number of carbonyl (C=O) groups is 1. The van der Waals surface area contributed by atoms with Crippen molar-refractivity contribution in [3.05, 3.63) is 24.4 Å². The molecule has 2 heterocycles. The molecule has 5 nitrogen and oxygen atoms in total. The molecule has 0 fully saturated rings. The number of anilines is 1. The zero-order valence-electron chi connectivity index (χ0n) is 8.68. The van der Waals surface area contributed by atoms with E-state index >= 15 is 0 Å². The van der Waals surface area contributed by atoms with Gasteiger partial charge in [0.15, 0.2) is 0 Å². The van der Waals surface area contributed by atoms with E-state index in [1.165, 1.54) is 6.08 Å². The van der Waals surface area contributed by atoms with E-state index in [9.17, 15) is 4.79 Å². The van der Waals surface area contributed by atoms with Crippen LogP contribution in [0.1, 0.15) is 12.6 Å². The van der Waals surface area contributed by atoms with E-state index in [2.05, 4.69) is 11.7 Å². The first kappa shape index (κ1) is 9.76. The van der Waals surface area contributed by atoms with Gasteiger partial charge >= 0.3 is 0 Å². The molecule has 1 aliphatic heterocycles. The Morgan fingerprint density at radius 1 is 1.80 bits per heavy atom. The molecule has 1 aliphatic rings. The van der Waals surface area contributed by atoms with Crippen LogP contribution in [0, 0.1) is 0 Å². The van der Waals surface area contributed by atoms with Crippen molar-refractivity contribution in [2.45, 2.75) is 26.1 Å². The molecule has 1 aromatic heterocycles. The molecule has 1 atom stereocenters. The van der Waals surface area contributed by atoms with Gasteiger partial charge in [0, 0.05) is 12.1 Å². The molecule has 0 spiro atoms. The van der Waals surface area contributed by atoms with E-state index in [1.54, 1.807) is 11.0 Å². The van der Waals surface area contributed by atoms with Crippen molar-refractivity contribution < 1.29 is 4.79 Å². The lowest BCUT2D eigenvalue weighted by molar-refractivity contribution is -0.129. The van der Waals surface area contributed by atoms with Crippen LogP contribution in [0.4, 0.5) is 5.82 Å². The molecule has 0 radical (unpaired) electrons. The summed E-state index contributed by atoms with van der Waals surface area (Å²) in [5.41, 5.74) is 6.58. The van der Waals surface area contributed by atoms with Gasteiger partial charge in [-0.05, 0) is 13.0 Å². The maximum Gasteiger partial charge on any atom is 0.246 e. The molecule has 1 unspecified atom stereocenters. The van der Waals surface area contributed by atoms with Crippen molar-refractivity contribution in [1.29, 1.82) is 0 Å². The Bertz CT molecular complexity index is 410. The first-order valence-corrected chi connectivity index (χ1v) is 4.87. The zero-order chi connectivity index (χ0) is 11.0. The summed E-state index contributed by atoms with van der Waals surface area (Å²) in [5, 5.41) is 4.15. The molecule has 0 saturated heterocycles. The van der Waals surface area contributed by atoms with Gasteiger partial charge in [0.05, 0.1) is 18.8 Å². The van der Waals surface area contributed by atoms with Crippen LogP contribution in [0.2, 0.25) is 0 Å². The van der Waals surface area contributed by atoms with Crippen LogP contribution < -0.4 is 5.73 Å². The van der Waals surface area contributed by atoms with Gasteiger partial charge in [-0.3, -0.25) is 9.48 Å². The molecule has 1 aromatic rings. The summed E-state index contributed by atoms with van der Waals surface area (Å²) in [6, 6.07) is 1.93. The molecule has 2 N–H and O–H groups in total. The summed E-state index contributed by atoms with van der Waals surface area (Å²) >= 11 is 0. The van der Waals surface area contributed by atoms with Gasteiger partial charge in [-0.2, -0.15) is 5.10 Å². The molecule has 80 valence electrons.